The SMILES string of the molecule is CC(=O)c1ccc(NC(=O)[C@H](C)N[C@H](c2ccccc2)c2ccco2)cc1. The zero-order chi connectivity index (χ0) is 19.2. The van der Waals surface area contributed by atoms with Crippen molar-refractivity contribution in [3.8, 4) is 0 Å². The number of rotatable bonds is 7. The van der Waals surface area contributed by atoms with Crippen LogP contribution in [0.25, 0.3) is 0 Å². The molecule has 0 aliphatic carbocycles. The van der Waals surface area contributed by atoms with Gasteiger partial charge in [0.1, 0.15) is 5.76 Å². The first-order chi connectivity index (χ1) is 13.0. The molecule has 0 aliphatic heterocycles. The summed E-state index contributed by atoms with van der Waals surface area (Å²) in [5, 5.41) is 6.19. The normalized spacial score (nSPS) is 13.0. The summed E-state index contributed by atoms with van der Waals surface area (Å²) in [6.45, 7) is 3.32. The Kier molecular flexibility index (Phi) is 5.84. The summed E-state index contributed by atoms with van der Waals surface area (Å²) in [4.78, 5) is 23.9. The third-order valence-electron chi connectivity index (χ3n) is 4.33. The van der Waals surface area contributed by atoms with Gasteiger partial charge in [-0.3, -0.25) is 14.9 Å². The summed E-state index contributed by atoms with van der Waals surface area (Å²) in [6.07, 6.45) is 1.62. The second-order valence-electron chi connectivity index (χ2n) is 6.37. The number of anilines is 1. The van der Waals surface area contributed by atoms with E-state index in [0.29, 0.717) is 11.3 Å². The van der Waals surface area contributed by atoms with Crippen molar-refractivity contribution in [2.75, 3.05) is 5.32 Å². The summed E-state index contributed by atoms with van der Waals surface area (Å²) < 4.78 is 5.56. The number of nitrogens with one attached hydrogen (secondary N) is 2. The average Bonchev–Trinajstić information content (AvgIpc) is 3.21. The molecule has 0 spiro atoms. The van der Waals surface area contributed by atoms with Gasteiger partial charge in [0.2, 0.25) is 5.91 Å². The summed E-state index contributed by atoms with van der Waals surface area (Å²) in [6, 6.07) is 19.7. The van der Waals surface area contributed by atoms with Crippen molar-refractivity contribution >= 4 is 17.4 Å². The Hall–Kier alpha value is -3.18. The number of carbonyl (C=O) groups is 2. The Balaban J connectivity index is 1.70. The van der Waals surface area contributed by atoms with Crippen LogP contribution in [-0.2, 0) is 4.79 Å². The van der Waals surface area contributed by atoms with Crippen LogP contribution < -0.4 is 10.6 Å². The van der Waals surface area contributed by atoms with Crippen LogP contribution in [0, 0.1) is 0 Å². The van der Waals surface area contributed by atoms with Crippen LogP contribution in [0.4, 0.5) is 5.69 Å². The van der Waals surface area contributed by atoms with Gasteiger partial charge >= 0.3 is 0 Å². The first-order valence-corrected chi connectivity index (χ1v) is 8.81. The fourth-order valence-electron chi connectivity index (χ4n) is 2.81. The van der Waals surface area contributed by atoms with Gasteiger partial charge < -0.3 is 9.73 Å². The molecule has 0 radical (unpaired) electrons. The molecule has 5 heteroatoms. The van der Waals surface area contributed by atoms with Crippen LogP contribution in [0.5, 0.6) is 0 Å². The van der Waals surface area contributed by atoms with E-state index in [-0.39, 0.29) is 17.7 Å². The van der Waals surface area contributed by atoms with E-state index in [1.54, 1.807) is 37.5 Å². The van der Waals surface area contributed by atoms with E-state index in [1.165, 1.54) is 6.92 Å². The number of benzene rings is 2. The predicted octanol–water partition coefficient (Wildman–Crippen LogP) is 4.19. The molecule has 2 N–H and O–H groups in total. The second-order valence-corrected chi connectivity index (χ2v) is 6.37. The van der Waals surface area contributed by atoms with Gasteiger partial charge in [-0.05, 0) is 55.8 Å². The van der Waals surface area contributed by atoms with E-state index in [4.69, 9.17) is 4.42 Å². The molecule has 2 atom stereocenters. The number of Topliss-reactive ketones (excluding diaryl/α,β-unsaturated/α-hetero) is 1. The summed E-state index contributed by atoms with van der Waals surface area (Å²) in [7, 11) is 0. The van der Waals surface area contributed by atoms with E-state index < -0.39 is 6.04 Å². The lowest BCUT2D eigenvalue weighted by Crippen LogP contribution is -2.40. The summed E-state index contributed by atoms with van der Waals surface area (Å²) in [5.41, 5.74) is 2.27. The highest BCUT2D eigenvalue weighted by Crippen LogP contribution is 2.23. The highest BCUT2D eigenvalue weighted by molar-refractivity contribution is 5.97. The number of hydrogen-bond acceptors (Lipinski definition) is 4. The second kappa shape index (κ2) is 8.47. The van der Waals surface area contributed by atoms with Gasteiger partial charge in [0.15, 0.2) is 5.78 Å². The third-order valence-corrected chi connectivity index (χ3v) is 4.33. The number of hydrogen-bond donors (Lipinski definition) is 2. The predicted molar refractivity (Wildman–Crippen MR) is 105 cm³/mol. The molecule has 0 unspecified atom stereocenters. The number of furan rings is 1. The summed E-state index contributed by atoms with van der Waals surface area (Å²) >= 11 is 0. The third kappa shape index (κ3) is 4.71. The number of amides is 1. The lowest BCUT2D eigenvalue weighted by atomic mass is 10.0. The first kappa shape index (κ1) is 18.6. The largest absolute Gasteiger partial charge is 0.467 e. The van der Waals surface area contributed by atoms with Crippen LogP contribution in [0.15, 0.2) is 77.4 Å². The van der Waals surface area contributed by atoms with Crippen LogP contribution in [0.3, 0.4) is 0 Å². The lowest BCUT2D eigenvalue weighted by molar-refractivity contribution is -0.117. The molecule has 27 heavy (non-hydrogen) atoms. The van der Waals surface area contributed by atoms with Crippen LogP contribution >= 0.6 is 0 Å². The van der Waals surface area contributed by atoms with Gasteiger partial charge in [-0.25, -0.2) is 0 Å². The monoisotopic (exact) mass is 362 g/mol. The molecule has 2 aromatic carbocycles. The Morgan fingerprint density at radius 2 is 1.63 bits per heavy atom. The van der Waals surface area contributed by atoms with Crippen molar-refractivity contribution in [1.29, 1.82) is 0 Å². The number of carbonyl (C=O) groups excluding carboxylic acids is 2. The average molecular weight is 362 g/mol. The van der Waals surface area contributed by atoms with E-state index in [0.717, 1.165) is 11.3 Å². The standard InChI is InChI=1S/C22H22N2O3/c1-15(22(26)24-19-12-10-17(11-13-19)16(2)25)23-21(20-9-6-14-27-20)18-7-4-3-5-8-18/h3-15,21,23H,1-2H3,(H,24,26)/t15-,21+/m0/s1. The molecular formula is C22H22N2O3. The molecule has 3 aromatic rings. The smallest absolute Gasteiger partial charge is 0.241 e. The molecular weight excluding hydrogens is 340 g/mol. The van der Waals surface area contributed by atoms with Crippen LogP contribution in [-0.4, -0.2) is 17.7 Å². The van der Waals surface area contributed by atoms with E-state index in [1.807, 2.05) is 42.5 Å². The molecule has 1 heterocycles. The molecule has 1 amide bonds. The number of ketones is 1. The van der Waals surface area contributed by atoms with Crippen molar-refractivity contribution in [2.24, 2.45) is 0 Å². The Labute approximate surface area is 158 Å². The maximum Gasteiger partial charge on any atom is 0.241 e. The van der Waals surface area contributed by atoms with Gasteiger partial charge in [-0.1, -0.05) is 30.3 Å². The quantitative estimate of drug-likeness (QED) is 0.618. The van der Waals surface area contributed by atoms with E-state index in [9.17, 15) is 9.59 Å². The zero-order valence-corrected chi connectivity index (χ0v) is 15.3. The minimum Gasteiger partial charge on any atom is -0.467 e. The van der Waals surface area contributed by atoms with Gasteiger partial charge in [-0.2, -0.15) is 0 Å². The minimum absolute atomic E-state index is 0.00735. The van der Waals surface area contributed by atoms with Gasteiger partial charge in [0.25, 0.3) is 0 Å². The van der Waals surface area contributed by atoms with Crippen LogP contribution in [0.1, 0.15) is 41.6 Å². The van der Waals surface area contributed by atoms with Gasteiger partial charge in [0, 0.05) is 11.3 Å². The Morgan fingerprint density at radius 1 is 0.926 bits per heavy atom. The highest BCUT2D eigenvalue weighted by Gasteiger charge is 2.22. The Morgan fingerprint density at radius 3 is 2.22 bits per heavy atom. The highest BCUT2D eigenvalue weighted by atomic mass is 16.3. The molecule has 3 rings (SSSR count). The van der Waals surface area contributed by atoms with Crippen LogP contribution in [0.2, 0.25) is 0 Å². The molecule has 138 valence electrons. The maximum absolute atomic E-state index is 12.6. The summed E-state index contributed by atoms with van der Waals surface area (Å²) in [5.74, 6) is 0.566. The topological polar surface area (TPSA) is 71.3 Å². The maximum atomic E-state index is 12.6. The molecule has 0 bridgehead atoms. The lowest BCUT2D eigenvalue weighted by Gasteiger charge is -2.22. The van der Waals surface area contributed by atoms with Crippen molar-refractivity contribution in [3.05, 3.63) is 89.9 Å². The molecule has 0 saturated carbocycles. The molecule has 5 nitrogen and oxygen atoms in total. The Bertz CT molecular complexity index is 887. The van der Waals surface area contributed by atoms with E-state index in [2.05, 4.69) is 10.6 Å². The van der Waals surface area contributed by atoms with Crippen molar-refractivity contribution in [3.63, 3.8) is 0 Å². The van der Waals surface area contributed by atoms with Crippen molar-refractivity contribution in [2.45, 2.75) is 25.9 Å². The molecule has 1 aromatic heterocycles. The van der Waals surface area contributed by atoms with E-state index >= 15 is 0 Å². The molecule has 0 saturated heterocycles. The first-order valence-electron chi connectivity index (χ1n) is 8.81. The molecule has 0 fully saturated rings. The van der Waals surface area contributed by atoms with Gasteiger partial charge in [0.05, 0.1) is 18.3 Å². The van der Waals surface area contributed by atoms with Crippen molar-refractivity contribution in [1.82, 2.24) is 5.32 Å². The fourth-order valence-corrected chi connectivity index (χ4v) is 2.81. The zero-order valence-electron chi connectivity index (χ0n) is 15.3. The van der Waals surface area contributed by atoms with Crippen molar-refractivity contribution < 1.29 is 14.0 Å². The van der Waals surface area contributed by atoms with Gasteiger partial charge in [-0.15, -0.1) is 0 Å². The fraction of sp³-hybridized carbons (Fsp3) is 0.182. The minimum atomic E-state index is -0.465. The molecule has 0 aliphatic rings.